The molecule has 2 fully saturated rings. The van der Waals surface area contributed by atoms with E-state index in [1.807, 2.05) is 0 Å². The lowest BCUT2D eigenvalue weighted by Gasteiger charge is -2.33. The summed E-state index contributed by atoms with van der Waals surface area (Å²) in [5.74, 6) is 0.844. The van der Waals surface area contributed by atoms with Crippen molar-refractivity contribution in [1.82, 2.24) is 0 Å². The van der Waals surface area contributed by atoms with Crippen LogP contribution >= 0.6 is 0 Å². The van der Waals surface area contributed by atoms with Crippen LogP contribution in [0.5, 0.6) is 0 Å². The molecule has 2 N–H and O–H groups in total. The first-order valence-corrected chi connectivity index (χ1v) is 7.64. The van der Waals surface area contributed by atoms with Gasteiger partial charge in [-0.15, -0.1) is 0 Å². The molecule has 1 saturated heterocycles. The van der Waals surface area contributed by atoms with Crippen LogP contribution in [0.3, 0.4) is 0 Å². The summed E-state index contributed by atoms with van der Waals surface area (Å²) in [5, 5.41) is 0. The molecular formula is C15H29NO. The van der Waals surface area contributed by atoms with Gasteiger partial charge in [0.05, 0.1) is 6.10 Å². The van der Waals surface area contributed by atoms with Crippen LogP contribution in [0.15, 0.2) is 0 Å². The van der Waals surface area contributed by atoms with Gasteiger partial charge < -0.3 is 10.5 Å². The van der Waals surface area contributed by atoms with Crippen molar-refractivity contribution in [2.45, 2.75) is 70.8 Å². The highest BCUT2D eigenvalue weighted by Crippen LogP contribution is 2.49. The van der Waals surface area contributed by atoms with E-state index in [9.17, 15) is 0 Å². The molecule has 0 aromatic carbocycles. The molecular weight excluding hydrogens is 210 g/mol. The van der Waals surface area contributed by atoms with Crippen molar-refractivity contribution in [3.8, 4) is 0 Å². The average Bonchev–Trinajstić information content (AvgIpc) is 3.10. The molecule has 1 aliphatic heterocycles. The Morgan fingerprint density at radius 2 is 1.94 bits per heavy atom. The molecule has 100 valence electrons. The fraction of sp³-hybridized carbons (Fsp3) is 1.00. The predicted molar refractivity (Wildman–Crippen MR) is 71.9 cm³/mol. The zero-order valence-electron chi connectivity index (χ0n) is 11.4. The average molecular weight is 239 g/mol. The summed E-state index contributed by atoms with van der Waals surface area (Å²) >= 11 is 0. The quantitative estimate of drug-likeness (QED) is 0.658. The van der Waals surface area contributed by atoms with Gasteiger partial charge in [0.25, 0.3) is 0 Å². The number of hydrogen-bond donors (Lipinski definition) is 1. The van der Waals surface area contributed by atoms with E-state index in [4.69, 9.17) is 10.5 Å². The Morgan fingerprint density at radius 1 is 1.18 bits per heavy atom. The number of ether oxygens (including phenoxy) is 1. The van der Waals surface area contributed by atoms with E-state index in [1.165, 1.54) is 57.8 Å². The maximum absolute atomic E-state index is 6.09. The number of nitrogens with two attached hydrogens (primary N) is 1. The fourth-order valence-electron chi connectivity index (χ4n) is 3.41. The molecule has 2 unspecified atom stereocenters. The molecule has 1 saturated carbocycles. The molecule has 0 aromatic rings. The second-order valence-corrected chi connectivity index (χ2v) is 6.11. The maximum Gasteiger partial charge on any atom is 0.0672 e. The number of rotatable bonds is 8. The normalized spacial score (nSPS) is 33.2. The molecule has 2 atom stereocenters. The lowest BCUT2D eigenvalue weighted by atomic mass is 9.75. The summed E-state index contributed by atoms with van der Waals surface area (Å²) in [6, 6.07) is 0. The van der Waals surface area contributed by atoms with Gasteiger partial charge in [-0.3, -0.25) is 0 Å². The third kappa shape index (κ3) is 3.23. The van der Waals surface area contributed by atoms with Crippen LogP contribution in [0.2, 0.25) is 0 Å². The highest BCUT2D eigenvalue weighted by atomic mass is 16.5. The number of hydrogen-bond acceptors (Lipinski definition) is 2. The Balaban J connectivity index is 1.77. The van der Waals surface area contributed by atoms with Gasteiger partial charge in [-0.05, 0) is 31.6 Å². The summed E-state index contributed by atoms with van der Waals surface area (Å²) in [4.78, 5) is 0. The number of unbranched alkanes of at least 4 members (excludes halogenated alkanes) is 4. The van der Waals surface area contributed by atoms with E-state index >= 15 is 0 Å². The van der Waals surface area contributed by atoms with Crippen molar-refractivity contribution in [3.05, 3.63) is 0 Å². The van der Waals surface area contributed by atoms with Crippen LogP contribution < -0.4 is 5.73 Å². The summed E-state index contributed by atoms with van der Waals surface area (Å²) < 4.78 is 5.98. The molecule has 17 heavy (non-hydrogen) atoms. The molecule has 2 nitrogen and oxygen atoms in total. The van der Waals surface area contributed by atoms with E-state index in [0.717, 1.165) is 19.1 Å². The van der Waals surface area contributed by atoms with Crippen LogP contribution in [0.4, 0.5) is 0 Å². The molecule has 0 bridgehead atoms. The first kappa shape index (κ1) is 13.4. The minimum absolute atomic E-state index is 0.341. The Morgan fingerprint density at radius 3 is 2.59 bits per heavy atom. The Bertz CT molecular complexity index is 227. The Hall–Kier alpha value is -0.0800. The van der Waals surface area contributed by atoms with Gasteiger partial charge in [0.1, 0.15) is 0 Å². The zero-order chi connectivity index (χ0) is 12.1. The van der Waals surface area contributed by atoms with Crippen LogP contribution in [0.1, 0.15) is 64.7 Å². The van der Waals surface area contributed by atoms with E-state index < -0.39 is 0 Å². The van der Waals surface area contributed by atoms with E-state index in [0.29, 0.717) is 11.5 Å². The van der Waals surface area contributed by atoms with Crippen LogP contribution in [-0.4, -0.2) is 19.3 Å². The standard InChI is InChI=1S/C15H29NO/c1-2-3-4-5-6-9-15(12-16)10-11-17-14(15)13-7-8-13/h13-14H,2-12,16H2,1H3. The predicted octanol–water partition coefficient (Wildman–Crippen LogP) is 3.49. The SMILES string of the molecule is CCCCCCCC1(CN)CCOC1C1CC1. The van der Waals surface area contributed by atoms with Crippen molar-refractivity contribution in [2.75, 3.05) is 13.2 Å². The van der Waals surface area contributed by atoms with Crippen LogP contribution in [0, 0.1) is 11.3 Å². The molecule has 2 rings (SSSR count). The molecule has 0 radical (unpaired) electrons. The summed E-state index contributed by atoms with van der Waals surface area (Å²) in [6.07, 6.45) is 12.6. The minimum atomic E-state index is 0.341. The smallest absolute Gasteiger partial charge is 0.0672 e. The molecule has 2 aliphatic rings. The summed E-state index contributed by atoms with van der Waals surface area (Å²) in [7, 11) is 0. The second-order valence-electron chi connectivity index (χ2n) is 6.11. The topological polar surface area (TPSA) is 35.2 Å². The monoisotopic (exact) mass is 239 g/mol. The Labute approximate surface area is 106 Å². The first-order valence-electron chi connectivity index (χ1n) is 7.64. The second kappa shape index (κ2) is 6.19. The van der Waals surface area contributed by atoms with Gasteiger partial charge in [0.2, 0.25) is 0 Å². The maximum atomic E-state index is 6.09. The van der Waals surface area contributed by atoms with E-state index in [2.05, 4.69) is 6.92 Å². The molecule has 1 aliphatic carbocycles. The van der Waals surface area contributed by atoms with Gasteiger partial charge >= 0.3 is 0 Å². The zero-order valence-corrected chi connectivity index (χ0v) is 11.4. The van der Waals surface area contributed by atoms with Crippen molar-refractivity contribution < 1.29 is 4.74 Å². The van der Waals surface area contributed by atoms with Crippen molar-refractivity contribution in [3.63, 3.8) is 0 Å². The highest BCUT2D eigenvalue weighted by Gasteiger charge is 2.49. The fourth-order valence-corrected chi connectivity index (χ4v) is 3.41. The van der Waals surface area contributed by atoms with E-state index in [-0.39, 0.29) is 0 Å². The van der Waals surface area contributed by atoms with Gasteiger partial charge in [-0.2, -0.15) is 0 Å². The van der Waals surface area contributed by atoms with Gasteiger partial charge in [-0.25, -0.2) is 0 Å². The van der Waals surface area contributed by atoms with Crippen molar-refractivity contribution in [2.24, 2.45) is 17.1 Å². The van der Waals surface area contributed by atoms with Crippen molar-refractivity contribution >= 4 is 0 Å². The first-order chi connectivity index (χ1) is 8.32. The third-order valence-corrected chi connectivity index (χ3v) is 4.74. The molecule has 0 spiro atoms. The van der Waals surface area contributed by atoms with Gasteiger partial charge in [0.15, 0.2) is 0 Å². The largest absolute Gasteiger partial charge is 0.377 e. The lowest BCUT2D eigenvalue weighted by Crippen LogP contribution is -2.39. The molecule has 2 heteroatoms. The summed E-state index contributed by atoms with van der Waals surface area (Å²) in [5.41, 5.74) is 6.43. The van der Waals surface area contributed by atoms with Crippen LogP contribution in [-0.2, 0) is 4.74 Å². The van der Waals surface area contributed by atoms with E-state index in [1.54, 1.807) is 0 Å². The Kier molecular flexibility index (Phi) is 4.87. The van der Waals surface area contributed by atoms with Gasteiger partial charge in [-0.1, -0.05) is 39.0 Å². The van der Waals surface area contributed by atoms with Crippen LogP contribution in [0.25, 0.3) is 0 Å². The third-order valence-electron chi connectivity index (χ3n) is 4.74. The minimum Gasteiger partial charge on any atom is -0.377 e. The molecule has 0 aromatic heterocycles. The highest BCUT2D eigenvalue weighted by molar-refractivity contribution is 4.99. The molecule has 0 amide bonds. The van der Waals surface area contributed by atoms with Gasteiger partial charge in [0, 0.05) is 18.6 Å². The lowest BCUT2D eigenvalue weighted by molar-refractivity contribution is 0.0293. The van der Waals surface area contributed by atoms with Crippen molar-refractivity contribution in [1.29, 1.82) is 0 Å². The summed E-state index contributed by atoms with van der Waals surface area (Å²) in [6.45, 7) is 4.06. The molecule has 1 heterocycles.